The first-order chi connectivity index (χ1) is 16.5. The van der Waals surface area contributed by atoms with Crippen LogP contribution in [-0.2, 0) is 20.8 Å². The van der Waals surface area contributed by atoms with Gasteiger partial charge < -0.3 is 30.7 Å². The van der Waals surface area contributed by atoms with Crippen molar-refractivity contribution in [1.82, 2.24) is 5.32 Å². The Balaban J connectivity index is 2.28. The van der Waals surface area contributed by atoms with Crippen LogP contribution >= 0.6 is 22.6 Å². The predicted octanol–water partition coefficient (Wildman–Crippen LogP) is 1.82. The number of carboxylic acid groups (broad SMARTS) is 2. The van der Waals surface area contributed by atoms with Gasteiger partial charge in [-0.3, -0.25) is 19.8 Å². The molecule has 1 amide bonds. The number of benzene rings is 2. The summed E-state index contributed by atoms with van der Waals surface area (Å²) in [5.41, 5.74) is 6.30. The highest BCUT2D eigenvalue weighted by Crippen LogP contribution is 2.23. The Morgan fingerprint density at radius 2 is 1.83 bits per heavy atom. The Morgan fingerprint density at radius 1 is 1.11 bits per heavy atom. The number of amidine groups is 1. The number of rotatable bonds is 13. The van der Waals surface area contributed by atoms with Gasteiger partial charge in [0.1, 0.15) is 23.9 Å². The second kappa shape index (κ2) is 12.7. The van der Waals surface area contributed by atoms with Crippen molar-refractivity contribution in [2.75, 3.05) is 13.7 Å². The summed E-state index contributed by atoms with van der Waals surface area (Å²) in [7, 11) is 1.42. The first kappa shape index (κ1) is 27.6. The third-order valence-corrected chi connectivity index (χ3v) is 5.53. The number of carbonyl (C=O) groups excluding carboxylic acids is 2. The number of halogens is 1. The van der Waals surface area contributed by atoms with Crippen molar-refractivity contribution in [3.8, 4) is 11.5 Å². The molecule has 0 fully saturated rings. The second-order valence-corrected chi connectivity index (χ2v) is 8.65. The summed E-state index contributed by atoms with van der Waals surface area (Å²) in [5.74, 6) is -4.08. The molecule has 0 aliphatic heterocycles. The van der Waals surface area contributed by atoms with E-state index in [-0.39, 0.29) is 47.7 Å². The van der Waals surface area contributed by atoms with Crippen molar-refractivity contribution in [3.63, 3.8) is 0 Å². The molecule has 2 aromatic carbocycles. The molecule has 12 heteroatoms. The van der Waals surface area contributed by atoms with Crippen LogP contribution in [0, 0.1) is 8.98 Å². The molecular formula is C23H24IN3O8. The van der Waals surface area contributed by atoms with E-state index in [2.05, 4.69) is 5.32 Å². The summed E-state index contributed by atoms with van der Waals surface area (Å²) in [5, 5.41) is 28.4. The summed E-state index contributed by atoms with van der Waals surface area (Å²) in [4.78, 5) is 46.8. The SMILES string of the molecule is COc1ccc(I)cc1C(=O)N[C@H](CCC(=O)O)COc1cc(C(=N)N)ccc1CC(=O)C(=O)O. The highest BCUT2D eigenvalue weighted by molar-refractivity contribution is 14.1. The molecule has 0 aliphatic rings. The minimum atomic E-state index is -1.61. The monoisotopic (exact) mass is 597 g/mol. The summed E-state index contributed by atoms with van der Waals surface area (Å²) >= 11 is 2.05. The first-order valence-corrected chi connectivity index (χ1v) is 11.3. The topological polar surface area (TPSA) is 189 Å². The lowest BCUT2D eigenvalue weighted by Crippen LogP contribution is -2.39. The fourth-order valence-electron chi connectivity index (χ4n) is 3.06. The highest BCUT2D eigenvalue weighted by Gasteiger charge is 2.21. The average Bonchev–Trinajstić information content (AvgIpc) is 2.80. The Kier molecular flexibility index (Phi) is 9.99. The quantitative estimate of drug-likeness (QED) is 0.0993. The Morgan fingerprint density at radius 3 is 2.43 bits per heavy atom. The molecule has 0 bridgehead atoms. The maximum atomic E-state index is 12.9. The van der Waals surface area contributed by atoms with Crippen molar-refractivity contribution in [1.29, 1.82) is 5.41 Å². The minimum Gasteiger partial charge on any atom is -0.496 e. The molecule has 0 saturated carbocycles. The number of methoxy groups -OCH3 is 1. The number of nitrogens with one attached hydrogen (secondary N) is 2. The molecule has 35 heavy (non-hydrogen) atoms. The number of aliphatic carboxylic acids is 2. The molecule has 0 unspecified atom stereocenters. The van der Waals surface area contributed by atoms with Crippen molar-refractivity contribution < 1.29 is 38.9 Å². The molecule has 186 valence electrons. The molecule has 0 radical (unpaired) electrons. The van der Waals surface area contributed by atoms with Gasteiger partial charge in [-0.15, -0.1) is 0 Å². The standard InChI is InChI=1S/C23H24IN3O8/c1-34-18-6-4-14(24)10-16(18)22(31)27-15(5-7-20(29)30)11-35-19-9-13(21(25)26)3-2-12(19)8-17(28)23(32)33/h2-4,6,9-10,15H,5,7-8,11H2,1H3,(H3,25,26)(H,27,31)(H,29,30)(H,32,33)/t15-/m1/s1. The van der Waals surface area contributed by atoms with Crippen LogP contribution in [0.4, 0.5) is 0 Å². The number of ether oxygens (including phenoxy) is 2. The number of carbonyl (C=O) groups is 4. The van der Waals surface area contributed by atoms with E-state index in [4.69, 9.17) is 30.8 Å². The smallest absolute Gasteiger partial charge is 0.372 e. The van der Waals surface area contributed by atoms with Gasteiger partial charge in [-0.05, 0) is 53.3 Å². The zero-order valence-electron chi connectivity index (χ0n) is 18.7. The van der Waals surface area contributed by atoms with Gasteiger partial charge in [0.2, 0.25) is 5.78 Å². The lowest BCUT2D eigenvalue weighted by molar-refractivity contribution is -0.148. The van der Waals surface area contributed by atoms with Crippen LogP contribution < -0.4 is 20.5 Å². The van der Waals surface area contributed by atoms with E-state index in [9.17, 15) is 19.2 Å². The van der Waals surface area contributed by atoms with Crippen LogP contribution in [0.3, 0.4) is 0 Å². The maximum Gasteiger partial charge on any atom is 0.372 e. The van der Waals surface area contributed by atoms with Crippen molar-refractivity contribution in [2.24, 2.45) is 5.73 Å². The molecule has 0 aliphatic carbocycles. The van der Waals surface area contributed by atoms with E-state index >= 15 is 0 Å². The maximum absolute atomic E-state index is 12.9. The second-order valence-electron chi connectivity index (χ2n) is 7.40. The molecule has 6 N–H and O–H groups in total. The van der Waals surface area contributed by atoms with E-state index in [1.54, 1.807) is 18.2 Å². The van der Waals surface area contributed by atoms with Gasteiger partial charge >= 0.3 is 11.9 Å². The lowest BCUT2D eigenvalue weighted by Gasteiger charge is -2.21. The summed E-state index contributed by atoms with van der Waals surface area (Å²) in [6, 6.07) is 8.52. The summed E-state index contributed by atoms with van der Waals surface area (Å²) in [6.45, 7) is -0.194. The third-order valence-electron chi connectivity index (χ3n) is 4.86. The van der Waals surface area contributed by atoms with E-state index in [0.717, 1.165) is 3.57 Å². The van der Waals surface area contributed by atoms with Gasteiger partial charge in [-0.25, -0.2) is 4.79 Å². The largest absolute Gasteiger partial charge is 0.496 e. The molecular weight excluding hydrogens is 573 g/mol. The Hall–Kier alpha value is -3.68. The number of carboxylic acids is 2. The van der Waals surface area contributed by atoms with Crippen LogP contribution in [0.25, 0.3) is 0 Å². The van der Waals surface area contributed by atoms with Gasteiger partial charge in [0.05, 0.1) is 18.7 Å². The number of nitrogen functional groups attached to an aromatic ring is 1. The fraction of sp³-hybridized carbons (Fsp3) is 0.261. The van der Waals surface area contributed by atoms with E-state index < -0.39 is 36.1 Å². The molecule has 2 rings (SSSR count). The van der Waals surface area contributed by atoms with Gasteiger partial charge in [0.15, 0.2) is 0 Å². The van der Waals surface area contributed by atoms with Gasteiger partial charge in [0.25, 0.3) is 5.91 Å². The Labute approximate surface area is 214 Å². The first-order valence-electron chi connectivity index (χ1n) is 10.2. The molecule has 11 nitrogen and oxygen atoms in total. The number of hydrogen-bond donors (Lipinski definition) is 5. The molecule has 0 saturated heterocycles. The molecule has 2 aromatic rings. The molecule has 0 aromatic heterocycles. The van der Waals surface area contributed by atoms with Gasteiger partial charge in [-0.2, -0.15) is 0 Å². The average molecular weight is 597 g/mol. The highest BCUT2D eigenvalue weighted by atomic mass is 127. The third kappa shape index (κ3) is 8.24. The molecule has 1 atom stereocenters. The van der Waals surface area contributed by atoms with Gasteiger partial charge in [-0.1, -0.05) is 12.1 Å². The lowest BCUT2D eigenvalue weighted by atomic mass is 10.0. The van der Waals surface area contributed by atoms with Crippen molar-refractivity contribution in [2.45, 2.75) is 25.3 Å². The number of nitrogens with two attached hydrogens (primary N) is 1. The van der Waals surface area contributed by atoms with Crippen LogP contribution in [0.2, 0.25) is 0 Å². The number of amides is 1. The number of hydrogen-bond acceptors (Lipinski definition) is 7. The number of ketones is 1. The van der Waals surface area contributed by atoms with Crippen LogP contribution in [0.1, 0.15) is 34.3 Å². The van der Waals surface area contributed by atoms with Crippen LogP contribution in [-0.4, -0.2) is 59.4 Å². The van der Waals surface area contributed by atoms with E-state index in [1.807, 2.05) is 22.6 Å². The zero-order valence-corrected chi connectivity index (χ0v) is 20.8. The van der Waals surface area contributed by atoms with Crippen LogP contribution in [0.5, 0.6) is 11.5 Å². The predicted molar refractivity (Wildman–Crippen MR) is 133 cm³/mol. The van der Waals surface area contributed by atoms with Crippen molar-refractivity contribution >= 4 is 52.1 Å². The van der Waals surface area contributed by atoms with Gasteiger partial charge in [0, 0.05) is 27.5 Å². The number of Topliss-reactive ketones (excluding diaryl/α,β-unsaturated/α-hetero) is 1. The summed E-state index contributed by atoms with van der Waals surface area (Å²) < 4.78 is 11.8. The van der Waals surface area contributed by atoms with E-state index in [1.165, 1.54) is 25.3 Å². The molecule has 0 spiro atoms. The van der Waals surface area contributed by atoms with Crippen molar-refractivity contribution in [3.05, 3.63) is 56.7 Å². The molecule has 0 heterocycles. The minimum absolute atomic E-state index is 0.0309. The summed E-state index contributed by atoms with van der Waals surface area (Å²) in [6.07, 6.45) is -0.687. The zero-order chi connectivity index (χ0) is 26.1. The van der Waals surface area contributed by atoms with Crippen LogP contribution in [0.15, 0.2) is 36.4 Å². The normalized spacial score (nSPS) is 11.3. The fourth-order valence-corrected chi connectivity index (χ4v) is 3.55. The van der Waals surface area contributed by atoms with E-state index in [0.29, 0.717) is 5.75 Å². The Bertz CT molecular complexity index is 1150.